The first kappa shape index (κ1) is 17.4. The average molecular weight is 349 g/mol. The zero-order chi connectivity index (χ0) is 18.1. The monoisotopic (exact) mass is 349 g/mol. The highest BCUT2D eigenvalue weighted by molar-refractivity contribution is 5.45. The molecule has 0 fully saturated rings. The van der Waals surface area contributed by atoms with Crippen LogP contribution >= 0.6 is 0 Å². The van der Waals surface area contributed by atoms with E-state index in [0.29, 0.717) is 6.54 Å². The van der Waals surface area contributed by atoms with Crippen LogP contribution in [-0.2, 0) is 13.2 Å². The zero-order valence-corrected chi connectivity index (χ0v) is 14.5. The Kier molecular flexibility index (Phi) is 4.74. The molecule has 0 aliphatic carbocycles. The van der Waals surface area contributed by atoms with Gasteiger partial charge in [0.25, 0.3) is 0 Å². The van der Waals surface area contributed by atoms with E-state index in [1.165, 1.54) is 12.1 Å². The number of ether oxygens (including phenoxy) is 1. The van der Waals surface area contributed by atoms with E-state index in [1.54, 1.807) is 10.6 Å². The van der Waals surface area contributed by atoms with Crippen molar-refractivity contribution in [3.63, 3.8) is 0 Å². The van der Waals surface area contributed by atoms with Crippen molar-refractivity contribution in [2.45, 2.75) is 52.4 Å². The molecule has 1 unspecified atom stereocenters. The fourth-order valence-electron chi connectivity index (χ4n) is 3.24. The topological polar surface area (TPSA) is 47.4 Å². The minimum atomic E-state index is -0.949. The van der Waals surface area contributed by atoms with Crippen LogP contribution in [0.1, 0.15) is 32.8 Å². The summed E-state index contributed by atoms with van der Waals surface area (Å²) in [5.41, 5.74) is -0.321. The van der Waals surface area contributed by atoms with Gasteiger partial charge in [0, 0.05) is 30.3 Å². The van der Waals surface area contributed by atoms with Gasteiger partial charge in [-0.2, -0.15) is 4.98 Å². The molecule has 1 atom stereocenters. The standard InChI is InChI=1S/C18H21F2N3O2/c1-11(2)23-12(3)7-8-22-16(23)9-15(21-18(22)24)25-10-13-5-4-6-14(19)17(13)20/h4-6,9,11-12H,7-8,10H2,1-3H3. The van der Waals surface area contributed by atoms with Gasteiger partial charge in [-0.1, -0.05) is 12.1 Å². The summed E-state index contributed by atoms with van der Waals surface area (Å²) in [6.45, 7) is 6.62. The second-order valence-electron chi connectivity index (χ2n) is 6.53. The van der Waals surface area contributed by atoms with Gasteiger partial charge in [-0.05, 0) is 33.3 Å². The van der Waals surface area contributed by atoms with Gasteiger partial charge < -0.3 is 9.64 Å². The maximum atomic E-state index is 13.7. The average Bonchev–Trinajstić information content (AvgIpc) is 2.55. The summed E-state index contributed by atoms with van der Waals surface area (Å²) in [5, 5.41) is 0. The number of benzene rings is 1. The second-order valence-corrected chi connectivity index (χ2v) is 6.53. The van der Waals surface area contributed by atoms with Crippen LogP contribution in [0.4, 0.5) is 14.6 Å². The molecule has 0 N–H and O–H groups in total. The van der Waals surface area contributed by atoms with Gasteiger partial charge >= 0.3 is 5.69 Å². The normalized spacial score (nSPS) is 16.9. The molecule has 134 valence electrons. The van der Waals surface area contributed by atoms with Crippen LogP contribution in [0.3, 0.4) is 0 Å². The van der Waals surface area contributed by atoms with E-state index in [-0.39, 0.29) is 30.1 Å². The summed E-state index contributed by atoms with van der Waals surface area (Å²) >= 11 is 0. The summed E-state index contributed by atoms with van der Waals surface area (Å²) in [7, 11) is 0. The molecule has 5 nitrogen and oxygen atoms in total. The lowest BCUT2D eigenvalue weighted by molar-refractivity contribution is 0.281. The molecule has 2 heterocycles. The molecule has 0 radical (unpaired) electrons. The van der Waals surface area contributed by atoms with Crippen LogP contribution in [0.25, 0.3) is 0 Å². The van der Waals surface area contributed by atoms with Crippen LogP contribution in [0.5, 0.6) is 5.88 Å². The van der Waals surface area contributed by atoms with Crippen molar-refractivity contribution < 1.29 is 13.5 Å². The summed E-state index contributed by atoms with van der Waals surface area (Å²) in [6.07, 6.45) is 0.863. The Balaban J connectivity index is 1.90. The number of nitrogens with zero attached hydrogens (tertiary/aromatic N) is 3. The van der Waals surface area contributed by atoms with E-state index >= 15 is 0 Å². The van der Waals surface area contributed by atoms with Crippen LogP contribution < -0.4 is 15.3 Å². The Bertz CT molecular complexity index is 836. The Labute approximate surface area is 144 Å². The van der Waals surface area contributed by atoms with Crippen LogP contribution in [0.15, 0.2) is 29.1 Å². The molecule has 0 saturated carbocycles. The third-order valence-electron chi connectivity index (χ3n) is 4.44. The lowest BCUT2D eigenvalue weighted by atomic mass is 10.1. The lowest BCUT2D eigenvalue weighted by Gasteiger charge is -2.40. The van der Waals surface area contributed by atoms with E-state index in [4.69, 9.17) is 4.74 Å². The molecule has 2 aromatic rings. The molecule has 1 aromatic heterocycles. The molecule has 7 heteroatoms. The molecule has 1 aliphatic rings. The number of aromatic nitrogens is 2. The number of hydrogen-bond donors (Lipinski definition) is 0. The molecular formula is C18H21F2N3O2. The van der Waals surface area contributed by atoms with Crippen molar-refractivity contribution in [2.75, 3.05) is 4.90 Å². The molecule has 25 heavy (non-hydrogen) atoms. The highest BCUT2D eigenvalue weighted by atomic mass is 19.2. The molecular weight excluding hydrogens is 328 g/mol. The lowest BCUT2D eigenvalue weighted by Crippen LogP contribution is -2.47. The van der Waals surface area contributed by atoms with Gasteiger partial charge in [0.15, 0.2) is 11.6 Å². The van der Waals surface area contributed by atoms with Crippen molar-refractivity contribution in [3.05, 3.63) is 51.9 Å². The highest BCUT2D eigenvalue weighted by Crippen LogP contribution is 2.28. The predicted molar refractivity (Wildman–Crippen MR) is 90.9 cm³/mol. The van der Waals surface area contributed by atoms with Gasteiger partial charge in [-0.15, -0.1) is 0 Å². The van der Waals surface area contributed by atoms with Crippen LogP contribution in [0.2, 0.25) is 0 Å². The van der Waals surface area contributed by atoms with Crippen molar-refractivity contribution in [2.24, 2.45) is 0 Å². The van der Waals surface area contributed by atoms with Crippen molar-refractivity contribution in [1.29, 1.82) is 0 Å². The maximum absolute atomic E-state index is 13.7. The Morgan fingerprint density at radius 1 is 1.36 bits per heavy atom. The van der Waals surface area contributed by atoms with Gasteiger partial charge in [0.1, 0.15) is 12.4 Å². The van der Waals surface area contributed by atoms with E-state index < -0.39 is 17.3 Å². The summed E-state index contributed by atoms with van der Waals surface area (Å²) in [5.74, 6) is -1.03. The molecule has 0 amide bonds. The van der Waals surface area contributed by atoms with Crippen molar-refractivity contribution >= 4 is 5.82 Å². The smallest absolute Gasteiger partial charge is 0.352 e. The van der Waals surface area contributed by atoms with Crippen molar-refractivity contribution in [3.8, 4) is 5.88 Å². The summed E-state index contributed by atoms with van der Waals surface area (Å²) in [4.78, 5) is 18.4. The van der Waals surface area contributed by atoms with Gasteiger partial charge in [0.05, 0.1) is 0 Å². The number of halogens is 2. The molecule has 0 bridgehead atoms. The third kappa shape index (κ3) is 3.36. The summed E-state index contributed by atoms with van der Waals surface area (Å²) < 4.78 is 34.1. The molecule has 0 saturated heterocycles. The second kappa shape index (κ2) is 6.82. The molecule has 0 spiro atoms. The van der Waals surface area contributed by atoms with Crippen molar-refractivity contribution in [1.82, 2.24) is 9.55 Å². The van der Waals surface area contributed by atoms with E-state index in [0.717, 1.165) is 18.3 Å². The van der Waals surface area contributed by atoms with Gasteiger partial charge in [-0.25, -0.2) is 13.6 Å². The largest absolute Gasteiger partial charge is 0.472 e. The molecule has 1 aromatic carbocycles. The first-order valence-electron chi connectivity index (χ1n) is 8.34. The van der Waals surface area contributed by atoms with E-state index in [2.05, 4.69) is 30.7 Å². The minimum Gasteiger partial charge on any atom is -0.472 e. The number of anilines is 1. The third-order valence-corrected chi connectivity index (χ3v) is 4.44. The highest BCUT2D eigenvalue weighted by Gasteiger charge is 2.27. The fraction of sp³-hybridized carbons (Fsp3) is 0.444. The Morgan fingerprint density at radius 3 is 2.84 bits per heavy atom. The van der Waals surface area contributed by atoms with Crippen LogP contribution in [-0.4, -0.2) is 21.6 Å². The van der Waals surface area contributed by atoms with Gasteiger partial charge in [-0.3, -0.25) is 4.57 Å². The number of rotatable bonds is 4. The Morgan fingerprint density at radius 2 is 2.12 bits per heavy atom. The Hall–Kier alpha value is -2.44. The minimum absolute atomic E-state index is 0.0775. The van der Waals surface area contributed by atoms with E-state index in [9.17, 15) is 13.6 Å². The number of hydrogen-bond acceptors (Lipinski definition) is 4. The predicted octanol–water partition coefficient (Wildman–Crippen LogP) is 3.11. The maximum Gasteiger partial charge on any atom is 0.352 e. The SMILES string of the molecule is CC(C)N1c2cc(OCc3cccc(F)c3F)nc(=O)n2CCC1C. The fourth-order valence-corrected chi connectivity index (χ4v) is 3.24. The quantitative estimate of drug-likeness (QED) is 0.851. The molecule has 3 rings (SSSR count). The van der Waals surface area contributed by atoms with E-state index in [1.807, 2.05) is 0 Å². The first-order chi connectivity index (χ1) is 11.9. The van der Waals surface area contributed by atoms with Crippen LogP contribution in [0, 0.1) is 11.6 Å². The zero-order valence-electron chi connectivity index (χ0n) is 14.5. The van der Waals surface area contributed by atoms with Gasteiger partial charge in [0.2, 0.25) is 5.88 Å². The number of fused-ring (bicyclic) bond motifs is 1. The summed E-state index contributed by atoms with van der Waals surface area (Å²) in [6, 6.07) is 6.08. The molecule has 1 aliphatic heterocycles. The first-order valence-corrected chi connectivity index (χ1v) is 8.34.